The number of nitrogens with two attached hydrogens (primary N) is 1. The van der Waals surface area contributed by atoms with Crippen LogP contribution in [0.15, 0.2) is 0 Å². The van der Waals surface area contributed by atoms with Gasteiger partial charge >= 0.3 is 0 Å². The summed E-state index contributed by atoms with van der Waals surface area (Å²) < 4.78 is 5.56. The zero-order valence-corrected chi connectivity index (χ0v) is 5.60. The van der Waals surface area contributed by atoms with Crippen LogP contribution in [0.5, 0.6) is 0 Å². The lowest BCUT2D eigenvalue weighted by Crippen LogP contribution is -2.56. The van der Waals surface area contributed by atoms with Crippen LogP contribution in [0.3, 0.4) is 0 Å². The van der Waals surface area contributed by atoms with Crippen molar-refractivity contribution in [3.05, 3.63) is 0 Å². The van der Waals surface area contributed by atoms with Crippen molar-refractivity contribution < 1.29 is 4.74 Å². The van der Waals surface area contributed by atoms with Crippen LogP contribution in [0.4, 0.5) is 0 Å². The van der Waals surface area contributed by atoms with Crippen LogP contribution >= 0.6 is 0 Å². The van der Waals surface area contributed by atoms with Crippen LogP contribution in [0.25, 0.3) is 0 Å². The largest absolute Gasteiger partial charge is 0.373 e. The van der Waals surface area contributed by atoms with Crippen LogP contribution in [-0.4, -0.2) is 18.2 Å². The van der Waals surface area contributed by atoms with Crippen molar-refractivity contribution in [2.45, 2.75) is 37.3 Å². The molecule has 0 aromatic heterocycles. The highest BCUT2D eigenvalue weighted by Crippen LogP contribution is 2.42. The van der Waals surface area contributed by atoms with Crippen molar-refractivity contribution >= 4 is 0 Å². The topological polar surface area (TPSA) is 35.2 Å². The third-order valence-electron chi connectivity index (χ3n) is 2.69. The lowest BCUT2D eigenvalue weighted by Gasteiger charge is -2.43. The van der Waals surface area contributed by atoms with Gasteiger partial charge in [0, 0.05) is 12.6 Å². The molecule has 0 amide bonds. The maximum Gasteiger partial charge on any atom is 0.0834 e. The van der Waals surface area contributed by atoms with Crippen LogP contribution in [-0.2, 0) is 4.74 Å². The van der Waals surface area contributed by atoms with Gasteiger partial charge in [-0.2, -0.15) is 0 Å². The standard InChI is InChI=1S/C7H13NO/c8-6-2-4-7(6)3-1-5-9-7/h6H,1-5,8H2. The fraction of sp³-hybridized carbons (Fsp3) is 1.00. The van der Waals surface area contributed by atoms with Gasteiger partial charge in [0.2, 0.25) is 0 Å². The van der Waals surface area contributed by atoms with Gasteiger partial charge < -0.3 is 10.5 Å². The zero-order chi connectivity index (χ0) is 6.32. The first kappa shape index (κ1) is 5.69. The van der Waals surface area contributed by atoms with E-state index >= 15 is 0 Å². The Morgan fingerprint density at radius 2 is 2.33 bits per heavy atom. The number of rotatable bonds is 0. The summed E-state index contributed by atoms with van der Waals surface area (Å²) in [5.74, 6) is 0. The third kappa shape index (κ3) is 0.634. The molecule has 9 heavy (non-hydrogen) atoms. The second kappa shape index (κ2) is 1.70. The van der Waals surface area contributed by atoms with Gasteiger partial charge in [0.15, 0.2) is 0 Å². The molecule has 0 bridgehead atoms. The molecule has 0 radical (unpaired) electrons. The minimum atomic E-state index is 0.153. The molecule has 2 aliphatic rings. The fourth-order valence-corrected chi connectivity index (χ4v) is 1.84. The van der Waals surface area contributed by atoms with Crippen molar-refractivity contribution in [3.8, 4) is 0 Å². The molecule has 0 aromatic rings. The Labute approximate surface area is 55.4 Å². The third-order valence-corrected chi connectivity index (χ3v) is 2.69. The van der Waals surface area contributed by atoms with Crippen molar-refractivity contribution in [2.24, 2.45) is 5.73 Å². The van der Waals surface area contributed by atoms with E-state index in [1.807, 2.05) is 0 Å². The van der Waals surface area contributed by atoms with Crippen LogP contribution in [0.1, 0.15) is 25.7 Å². The molecule has 2 heteroatoms. The smallest absolute Gasteiger partial charge is 0.0834 e. The van der Waals surface area contributed by atoms with Crippen molar-refractivity contribution in [1.82, 2.24) is 0 Å². The molecule has 2 atom stereocenters. The van der Waals surface area contributed by atoms with E-state index in [1.165, 1.54) is 25.7 Å². The average Bonchev–Trinajstić information content (AvgIpc) is 2.34. The van der Waals surface area contributed by atoms with Gasteiger partial charge in [-0.05, 0) is 25.7 Å². The van der Waals surface area contributed by atoms with E-state index in [-0.39, 0.29) is 5.60 Å². The Balaban J connectivity index is 2.06. The molecule has 0 aromatic carbocycles. The summed E-state index contributed by atoms with van der Waals surface area (Å²) >= 11 is 0. The van der Waals surface area contributed by atoms with E-state index in [0.29, 0.717) is 6.04 Å². The highest BCUT2D eigenvalue weighted by atomic mass is 16.5. The Kier molecular flexibility index (Phi) is 1.08. The predicted octanol–water partition coefficient (Wildman–Crippen LogP) is 0.657. The summed E-state index contributed by atoms with van der Waals surface area (Å²) in [5.41, 5.74) is 5.95. The van der Waals surface area contributed by atoms with Crippen LogP contribution < -0.4 is 5.73 Å². The molecular weight excluding hydrogens is 114 g/mol. The molecule has 1 saturated heterocycles. The molecule has 2 N–H and O–H groups in total. The molecule has 1 spiro atoms. The quantitative estimate of drug-likeness (QED) is 0.518. The molecule has 2 rings (SSSR count). The van der Waals surface area contributed by atoms with Gasteiger partial charge in [-0.15, -0.1) is 0 Å². The van der Waals surface area contributed by atoms with Crippen LogP contribution in [0, 0.1) is 0 Å². The van der Waals surface area contributed by atoms with E-state index < -0.39 is 0 Å². The summed E-state index contributed by atoms with van der Waals surface area (Å²) in [6.07, 6.45) is 4.79. The second-order valence-electron chi connectivity index (χ2n) is 3.16. The monoisotopic (exact) mass is 127 g/mol. The lowest BCUT2D eigenvalue weighted by molar-refractivity contribution is -0.0741. The molecule has 2 fully saturated rings. The van der Waals surface area contributed by atoms with Crippen molar-refractivity contribution in [2.75, 3.05) is 6.61 Å². The van der Waals surface area contributed by atoms with Gasteiger partial charge in [0.05, 0.1) is 5.60 Å². The Morgan fingerprint density at radius 1 is 1.44 bits per heavy atom. The normalized spacial score (nSPS) is 49.7. The summed E-state index contributed by atoms with van der Waals surface area (Å²) in [5, 5.41) is 0. The van der Waals surface area contributed by atoms with Gasteiger partial charge in [-0.1, -0.05) is 0 Å². The molecule has 1 saturated carbocycles. The summed E-state index contributed by atoms with van der Waals surface area (Å²) in [6.45, 7) is 0.938. The summed E-state index contributed by atoms with van der Waals surface area (Å²) in [7, 11) is 0. The first-order chi connectivity index (χ1) is 4.33. The minimum absolute atomic E-state index is 0.153. The zero-order valence-electron chi connectivity index (χ0n) is 5.60. The first-order valence-electron chi connectivity index (χ1n) is 3.73. The molecule has 1 aliphatic heterocycles. The molecule has 1 heterocycles. The Hall–Kier alpha value is -0.0800. The maximum atomic E-state index is 5.79. The fourth-order valence-electron chi connectivity index (χ4n) is 1.84. The molecular formula is C7H13NO. The SMILES string of the molecule is NC1CCC12CCCO2. The van der Waals surface area contributed by atoms with Crippen molar-refractivity contribution in [3.63, 3.8) is 0 Å². The highest BCUT2D eigenvalue weighted by molar-refractivity contribution is 5.03. The second-order valence-corrected chi connectivity index (χ2v) is 3.16. The Morgan fingerprint density at radius 3 is 2.56 bits per heavy atom. The predicted molar refractivity (Wildman–Crippen MR) is 35.1 cm³/mol. The maximum absolute atomic E-state index is 5.79. The van der Waals surface area contributed by atoms with E-state index in [2.05, 4.69) is 0 Å². The number of ether oxygens (including phenoxy) is 1. The van der Waals surface area contributed by atoms with E-state index in [4.69, 9.17) is 10.5 Å². The Bertz CT molecular complexity index is 118. The first-order valence-corrected chi connectivity index (χ1v) is 3.73. The lowest BCUT2D eigenvalue weighted by atomic mass is 9.74. The minimum Gasteiger partial charge on any atom is -0.373 e. The van der Waals surface area contributed by atoms with Crippen LogP contribution in [0.2, 0.25) is 0 Å². The highest BCUT2D eigenvalue weighted by Gasteiger charge is 2.47. The average molecular weight is 127 g/mol. The molecule has 52 valence electrons. The number of hydrogen-bond acceptors (Lipinski definition) is 2. The van der Waals surface area contributed by atoms with E-state index in [1.54, 1.807) is 0 Å². The van der Waals surface area contributed by atoms with Gasteiger partial charge in [0.1, 0.15) is 0 Å². The molecule has 2 nitrogen and oxygen atoms in total. The molecule has 1 aliphatic carbocycles. The van der Waals surface area contributed by atoms with E-state index in [9.17, 15) is 0 Å². The van der Waals surface area contributed by atoms with Gasteiger partial charge in [-0.3, -0.25) is 0 Å². The summed E-state index contributed by atoms with van der Waals surface area (Å²) in [4.78, 5) is 0. The van der Waals surface area contributed by atoms with Crippen molar-refractivity contribution in [1.29, 1.82) is 0 Å². The summed E-state index contributed by atoms with van der Waals surface area (Å²) in [6, 6.07) is 0.347. The van der Waals surface area contributed by atoms with Gasteiger partial charge in [0.25, 0.3) is 0 Å². The number of hydrogen-bond donors (Lipinski definition) is 1. The van der Waals surface area contributed by atoms with Gasteiger partial charge in [-0.25, -0.2) is 0 Å². The molecule has 2 unspecified atom stereocenters. The van der Waals surface area contributed by atoms with E-state index in [0.717, 1.165) is 6.61 Å².